The van der Waals surface area contributed by atoms with Crippen LogP contribution in [0.25, 0.3) is 11.3 Å². The number of aromatic nitrogens is 2. The maximum absolute atomic E-state index is 13.2. The highest BCUT2D eigenvalue weighted by Crippen LogP contribution is 2.30. The molecule has 1 aromatic carbocycles. The third-order valence-corrected chi connectivity index (χ3v) is 3.47. The summed E-state index contributed by atoms with van der Waals surface area (Å²) < 4.78 is 28.6. The smallest absolute Gasteiger partial charge is 0.159 e. The van der Waals surface area contributed by atoms with Gasteiger partial charge in [0.15, 0.2) is 11.6 Å². The van der Waals surface area contributed by atoms with Crippen molar-refractivity contribution in [3.63, 3.8) is 0 Å². The SMILES string of the molecule is CNCc1c(Br)c(-c2ccc(F)c(F)c2)nn1C. The summed E-state index contributed by atoms with van der Waals surface area (Å²) in [6.45, 7) is 0.633. The molecule has 0 aliphatic carbocycles. The molecule has 6 heteroatoms. The van der Waals surface area contributed by atoms with Crippen molar-refractivity contribution in [2.45, 2.75) is 6.54 Å². The third-order valence-electron chi connectivity index (χ3n) is 2.64. The Morgan fingerprint density at radius 3 is 2.67 bits per heavy atom. The molecule has 0 unspecified atom stereocenters. The second-order valence-electron chi connectivity index (χ2n) is 3.89. The summed E-state index contributed by atoms with van der Waals surface area (Å²) in [6.07, 6.45) is 0. The van der Waals surface area contributed by atoms with Crippen LogP contribution < -0.4 is 5.32 Å². The summed E-state index contributed by atoms with van der Waals surface area (Å²) in [5.41, 5.74) is 2.08. The highest BCUT2D eigenvalue weighted by Gasteiger charge is 2.16. The first-order valence-corrected chi connectivity index (χ1v) is 6.15. The molecule has 3 nitrogen and oxygen atoms in total. The lowest BCUT2D eigenvalue weighted by Gasteiger charge is -2.00. The predicted octanol–water partition coefficient (Wildman–Crippen LogP) is 2.85. The van der Waals surface area contributed by atoms with Crippen LogP contribution in [-0.4, -0.2) is 16.8 Å². The van der Waals surface area contributed by atoms with E-state index in [1.807, 2.05) is 7.05 Å². The average molecular weight is 316 g/mol. The van der Waals surface area contributed by atoms with E-state index in [1.54, 1.807) is 11.7 Å². The number of hydrogen-bond acceptors (Lipinski definition) is 2. The molecule has 2 aromatic rings. The van der Waals surface area contributed by atoms with Crippen LogP contribution in [0.3, 0.4) is 0 Å². The van der Waals surface area contributed by atoms with Gasteiger partial charge in [0.05, 0.1) is 10.2 Å². The van der Waals surface area contributed by atoms with E-state index < -0.39 is 11.6 Å². The number of rotatable bonds is 3. The average Bonchev–Trinajstić information content (AvgIpc) is 2.61. The van der Waals surface area contributed by atoms with Crippen LogP contribution in [0, 0.1) is 11.6 Å². The van der Waals surface area contributed by atoms with E-state index in [9.17, 15) is 8.78 Å². The molecule has 0 saturated heterocycles. The van der Waals surface area contributed by atoms with Gasteiger partial charge >= 0.3 is 0 Å². The standard InChI is InChI=1S/C12H12BrF2N3/c1-16-6-10-11(13)12(17-18(10)2)7-3-4-8(14)9(15)5-7/h3-5,16H,6H2,1-2H3. The minimum atomic E-state index is -0.875. The molecule has 0 aliphatic heterocycles. The first-order chi connectivity index (χ1) is 8.54. The van der Waals surface area contributed by atoms with Gasteiger partial charge in [0.1, 0.15) is 5.69 Å². The molecule has 0 saturated carbocycles. The van der Waals surface area contributed by atoms with E-state index in [0.29, 0.717) is 17.8 Å². The normalized spacial score (nSPS) is 10.9. The van der Waals surface area contributed by atoms with Crippen molar-refractivity contribution < 1.29 is 8.78 Å². The van der Waals surface area contributed by atoms with Crippen LogP contribution in [0.4, 0.5) is 8.78 Å². The topological polar surface area (TPSA) is 29.9 Å². The Hall–Kier alpha value is -1.27. The van der Waals surface area contributed by atoms with Crippen LogP contribution in [-0.2, 0) is 13.6 Å². The lowest BCUT2D eigenvalue weighted by atomic mass is 10.1. The predicted molar refractivity (Wildman–Crippen MR) is 69.0 cm³/mol. The zero-order chi connectivity index (χ0) is 13.3. The Morgan fingerprint density at radius 2 is 2.06 bits per heavy atom. The molecule has 0 amide bonds. The molecular weight excluding hydrogens is 304 g/mol. The number of hydrogen-bond donors (Lipinski definition) is 1. The Morgan fingerprint density at radius 1 is 1.33 bits per heavy atom. The number of nitrogens with zero attached hydrogens (tertiary/aromatic N) is 2. The van der Waals surface area contributed by atoms with Gasteiger partial charge in [-0.1, -0.05) is 0 Å². The first-order valence-electron chi connectivity index (χ1n) is 5.36. The van der Waals surface area contributed by atoms with Gasteiger partial charge in [0.2, 0.25) is 0 Å². The van der Waals surface area contributed by atoms with Crippen LogP contribution in [0.5, 0.6) is 0 Å². The number of halogens is 3. The molecule has 96 valence electrons. The molecule has 0 spiro atoms. The fourth-order valence-corrected chi connectivity index (χ4v) is 2.43. The molecular formula is C12H12BrF2N3. The molecule has 1 N–H and O–H groups in total. The van der Waals surface area contributed by atoms with Gasteiger partial charge in [-0.2, -0.15) is 5.10 Å². The molecule has 1 heterocycles. The first kappa shape index (κ1) is 13.2. The van der Waals surface area contributed by atoms with Crippen molar-refractivity contribution >= 4 is 15.9 Å². The summed E-state index contributed by atoms with van der Waals surface area (Å²) in [6, 6.07) is 3.75. The van der Waals surface area contributed by atoms with E-state index in [0.717, 1.165) is 22.3 Å². The fraction of sp³-hybridized carbons (Fsp3) is 0.250. The van der Waals surface area contributed by atoms with Crippen molar-refractivity contribution in [2.75, 3.05) is 7.05 Å². The van der Waals surface area contributed by atoms with Crippen LogP contribution >= 0.6 is 15.9 Å². The van der Waals surface area contributed by atoms with Crippen molar-refractivity contribution in [1.82, 2.24) is 15.1 Å². The van der Waals surface area contributed by atoms with E-state index >= 15 is 0 Å². The lowest BCUT2D eigenvalue weighted by molar-refractivity contribution is 0.509. The van der Waals surface area contributed by atoms with Crippen molar-refractivity contribution in [2.24, 2.45) is 7.05 Å². The molecule has 0 aliphatic rings. The highest BCUT2D eigenvalue weighted by atomic mass is 79.9. The van der Waals surface area contributed by atoms with Crippen LogP contribution in [0.15, 0.2) is 22.7 Å². The number of aryl methyl sites for hydroxylation is 1. The van der Waals surface area contributed by atoms with E-state index in [-0.39, 0.29) is 0 Å². The van der Waals surface area contributed by atoms with Gasteiger partial charge in [0.25, 0.3) is 0 Å². The zero-order valence-corrected chi connectivity index (χ0v) is 11.6. The second-order valence-corrected chi connectivity index (χ2v) is 4.69. The van der Waals surface area contributed by atoms with Gasteiger partial charge in [-0.15, -0.1) is 0 Å². The zero-order valence-electron chi connectivity index (χ0n) is 9.97. The summed E-state index contributed by atoms with van der Waals surface area (Å²) >= 11 is 3.44. The molecule has 0 bridgehead atoms. The monoisotopic (exact) mass is 315 g/mol. The van der Waals surface area contributed by atoms with Crippen LogP contribution in [0.2, 0.25) is 0 Å². The minimum absolute atomic E-state index is 0.540. The van der Waals surface area contributed by atoms with Gasteiger partial charge in [-0.3, -0.25) is 4.68 Å². The molecule has 0 atom stereocenters. The maximum atomic E-state index is 13.2. The Kier molecular flexibility index (Phi) is 3.77. The quantitative estimate of drug-likeness (QED) is 0.944. The second kappa shape index (κ2) is 5.16. The minimum Gasteiger partial charge on any atom is -0.314 e. The largest absolute Gasteiger partial charge is 0.314 e. The Labute approximate surface area is 112 Å². The maximum Gasteiger partial charge on any atom is 0.159 e. The lowest BCUT2D eigenvalue weighted by Crippen LogP contribution is -2.10. The van der Waals surface area contributed by atoms with Crippen molar-refractivity contribution in [3.8, 4) is 11.3 Å². The van der Waals surface area contributed by atoms with Gasteiger partial charge in [-0.25, -0.2) is 8.78 Å². The third kappa shape index (κ3) is 2.30. The Bertz CT molecular complexity index is 581. The highest BCUT2D eigenvalue weighted by molar-refractivity contribution is 9.10. The molecule has 2 rings (SSSR count). The van der Waals surface area contributed by atoms with E-state index in [2.05, 4.69) is 26.3 Å². The summed E-state index contributed by atoms with van der Waals surface area (Å²) in [5, 5.41) is 7.34. The van der Waals surface area contributed by atoms with Crippen molar-refractivity contribution in [3.05, 3.63) is 40.0 Å². The molecule has 0 radical (unpaired) electrons. The van der Waals surface area contributed by atoms with Crippen LogP contribution in [0.1, 0.15) is 5.69 Å². The van der Waals surface area contributed by atoms with E-state index in [1.165, 1.54) is 6.07 Å². The van der Waals surface area contributed by atoms with E-state index in [4.69, 9.17) is 0 Å². The Balaban J connectivity index is 2.50. The summed E-state index contributed by atoms with van der Waals surface area (Å²) in [4.78, 5) is 0. The number of nitrogens with one attached hydrogen (secondary N) is 1. The summed E-state index contributed by atoms with van der Waals surface area (Å²) in [5.74, 6) is -1.73. The molecule has 0 fully saturated rings. The molecule has 1 aromatic heterocycles. The van der Waals surface area contributed by atoms with Crippen molar-refractivity contribution in [1.29, 1.82) is 0 Å². The van der Waals surface area contributed by atoms with Gasteiger partial charge in [-0.05, 0) is 41.2 Å². The van der Waals surface area contributed by atoms with Gasteiger partial charge < -0.3 is 5.32 Å². The van der Waals surface area contributed by atoms with Gasteiger partial charge in [0, 0.05) is 19.2 Å². The summed E-state index contributed by atoms with van der Waals surface area (Å²) in [7, 11) is 3.64. The number of benzene rings is 1. The fourth-order valence-electron chi connectivity index (χ4n) is 1.72. The molecule has 18 heavy (non-hydrogen) atoms.